The quantitative estimate of drug-likeness (QED) is 0.572. The molecular formula is C23H30F3N3O4. The van der Waals surface area contributed by atoms with Crippen molar-refractivity contribution in [1.29, 1.82) is 0 Å². The molecule has 182 valence electrons. The first kappa shape index (κ1) is 25.2. The van der Waals surface area contributed by atoms with Gasteiger partial charge in [0.05, 0.1) is 30.9 Å². The van der Waals surface area contributed by atoms with Crippen molar-refractivity contribution >= 4 is 11.8 Å². The first-order valence-corrected chi connectivity index (χ1v) is 11.0. The molecule has 1 aromatic rings. The van der Waals surface area contributed by atoms with Gasteiger partial charge in [0.1, 0.15) is 0 Å². The molecule has 0 bridgehead atoms. The minimum absolute atomic E-state index is 0.160. The van der Waals surface area contributed by atoms with Gasteiger partial charge in [-0.15, -0.1) is 0 Å². The van der Waals surface area contributed by atoms with Crippen LogP contribution >= 0.6 is 0 Å². The summed E-state index contributed by atoms with van der Waals surface area (Å²) in [6.07, 6.45) is -2.94. The van der Waals surface area contributed by atoms with Crippen molar-refractivity contribution in [3.63, 3.8) is 0 Å². The number of hydrogen-bond donors (Lipinski definition) is 2. The van der Waals surface area contributed by atoms with E-state index in [9.17, 15) is 22.8 Å². The lowest BCUT2D eigenvalue weighted by Crippen LogP contribution is -2.48. The Bertz CT molecular complexity index is 856. The van der Waals surface area contributed by atoms with Crippen molar-refractivity contribution in [1.82, 2.24) is 15.5 Å². The number of rotatable bonds is 8. The maximum atomic E-state index is 12.9. The zero-order valence-corrected chi connectivity index (χ0v) is 18.6. The van der Waals surface area contributed by atoms with Gasteiger partial charge in [-0.25, -0.2) is 0 Å². The first-order chi connectivity index (χ1) is 15.6. The summed E-state index contributed by atoms with van der Waals surface area (Å²) in [5.74, 6) is -1.18. The van der Waals surface area contributed by atoms with Crippen LogP contribution in [0, 0.1) is 0 Å². The fraction of sp³-hybridized carbons (Fsp3) is 0.565. The molecule has 2 aliphatic rings. The normalized spacial score (nSPS) is 22.2. The Morgan fingerprint density at radius 1 is 1.24 bits per heavy atom. The van der Waals surface area contributed by atoms with Gasteiger partial charge in [0.25, 0.3) is 5.91 Å². The monoisotopic (exact) mass is 469 g/mol. The highest BCUT2D eigenvalue weighted by Gasteiger charge is 2.38. The Morgan fingerprint density at radius 2 is 1.97 bits per heavy atom. The van der Waals surface area contributed by atoms with E-state index in [0.717, 1.165) is 36.6 Å². The number of likely N-dealkylation sites (tertiary alicyclic amines) is 1. The molecule has 0 unspecified atom stereocenters. The Morgan fingerprint density at radius 3 is 2.64 bits per heavy atom. The molecule has 7 nitrogen and oxygen atoms in total. The molecule has 2 fully saturated rings. The third-order valence-corrected chi connectivity index (χ3v) is 5.75. The molecule has 2 aliphatic heterocycles. The maximum absolute atomic E-state index is 12.9. The summed E-state index contributed by atoms with van der Waals surface area (Å²) in [6.45, 7) is 8.43. The van der Waals surface area contributed by atoms with Crippen LogP contribution in [0.4, 0.5) is 13.2 Å². The number of amides is 2. The molecular weight excluding hydrogens is 439 g/mol. The highest BCUT2D eigenvalue weighted by atomic mass is 19.4. The molecule has 0 aromatic heterocycles. The first-order valence-electron chi connectivity index (χ1n) is 11.0. The average molecular weight is 470 g/mol. The second-order valence-corrected chi connectivity index (χ2v) is 8.54. The van der Waals surface area contributed by atoms with Crippen molar-refractivity contribution < 1.29 is 32.2 Å². The van der Waals surface area contributed by atoms with Crippen LogP contribution in [0.2, 0.25) is 0 Å². The Hall–Kier alpha value is -2.43. The van der Waals surface area contributed by atoms with Crippen LogP contribution in [-0.4, -0.2) is 74.4 Å². The van der Waals surface area contributed by atoms with Crippen molar-refractivity contribution in [2.75, 3.05) is 39.5 Å². The van der Waals surface area contributed by atoms with E-state index in [0.29, 0.717) is 39.0 Å². The number of hydrogen-bond acceptors (Lipinski definition) is 5. The fourth-order valence-electron chi connectivity index (χ4n) is 4.07. The zero-order chi connectivity index (χ0) is 24.0. The van der Waals surface area contributed by atoms with Crippen LogP contribution in [0.1, 0.15) is 35.7 Å². The second-order valence-electron chi connectivity index (χ2n) is 8.54. The highest BCUT2D eigenvalue weighted by Crippen LogP contribution is 2.29. The molecule has 1 aromatic carbocycles. The Labute approximate surface area is 191 Å². The molecule has 2 amide bonds. The second kappa shape index (κ2) is 11.1. The molecule has 33 heavy (non-hydrogen) atoms. The number of nitrogens with zero attached hydrogens (tertiary/aromatic N) is 1. The number of benzene rings is 1. The zero-order valence-electron chi connectivity index (χ0n) is 18.6. The smallest absolute Gasteiger partial charge is 0.381 e. The molecule has 0 aliphatic carbocycles. The van der Waals surface area contributed by atoms with E-state index in [2.05, 4.69) is 22.1 Å². The van der Waals surface area contributed by atoms with Crippen LogP contribution in [0.15, 0.2) is 36.4 Å². The van der Waals surface area contributed by atoms with Crippen molar-refractivity contribution in [2.24, 2.45) is 0 Å². The average Bonchev–Trinajstić information content (AvgIpc) is 3.18. The summed E-state index contributed by atoms with van der Waals surface area (Å²) in [7, 11) is 0. The number of nitrogens with one attached hydrogen (secondary N) is 2. The molecule has 0 saturated carbocycles. The third-order valence-electron chi connectivity index (χ3n) is 5.75. The van der Waals surface area contributed by atoms with Gasteiger partial charge in [0.15, 0.2) is 0 Å². The standard InChI is InChI=1S/C23H30F3N3O4/c1-15(2)14-33-20-13-29(18-6-8-32-9-7-18)12-19(20)28-21(30)11-27-22(31)16-4-3-5-17(10-16)23(24,25)26/h3-5,10,18-20H,1,6-9,11-14H2,2H3,(H,27,31)(H,28,30)/t19-,20-/m1/s1. The molecule has 2 saturated heterocycles. The lowest BCUT2D eigenvalue weighted by molar-refractivity contribution is -0.137. The molecule has 2 heterocycles. The summed E-state index contributed by atoms with van der Waals surface area (Å²) in [6, 6.07) is 4.16. The molecule has 0 radical (unpaired) electrons. The summed E-state index contributed by atoms with van der Waals surface area (Å²) >= 11 is 0. The lowest BCUT2D eigenvalue weighted by Gasteiger charge is -2.30. The Balaban J connectivity index is 1.55. The van der Waals surface area contributed by atoms with E-state index in [1.54, 1.807) is 0 Å². The number of halogens is 3. The third kappa shape index (κ3) is 7.28. The van der Waals surface area contributed by atoms with E-state index in [-0.39, 0.29) is 24.3 Å². The SMILES string of the molecule is C=C(C)CO[C@@H]1CN(C2CCOCC2)C[C@H]1NC(=O)CNC(=O)c1cccc(C(F)(F)F)c1. The van der Waals surface area contributed by atoms with Gasteiger partial charge in [0.2, 0.25) is 5.91 Å². The predicted octanol–water partition coefficient (Wildman–Crippen LogP) is 2.38. The van der Waals surface area contributed by atoms with Gasteiger partial charge < -0.3 is 20.1 Å². The van der Waals surface area contributed by atoms with Gasteiger partial charge in [-0.3, -0.25) is 14.5 Å². The van der Waals surface area contributed by atoms with Crippen molar-refractivity contribution in [2.45, 2.75) is 44.1 Å². The lowest BCUT2D eigenvalue weighted by atomic mass is 10.1. The van der Waals surface area contributed by atoms with Crippen LogP contribution in [-0.2, 0) is 20.4 Å². The highest BCUT2D eigenvalue weighted by molar-refractivity contribution is 5.96. The summed E-state index contributed by atoms with van der Waals surface area (Å²) in [4.78, 5) is 27.1. The van der Waals surface area contributed by atoms with Gasteiger partial charge in [-0.05, 0) is 38.0 Å². The van der Waals surface area contributed by atoms with Crippen LogP contribution < -0.4 is 10.6 Å². The maximum Gasteiger partial charge on any atom is 0.416 e. The van der Waals surface area contributed by atoms with Crippen LogP contribution in [0.3, 0.4) is 0 Å². The predicted molar refractivity (Wildman–Crippen MR) is 116 cm³/mol. The fourth-order valence-corrected chi connectivity index (χ4v) is 4.07. The number of ether oxygens (including phenoxy) is 2. The van der Waals surface area contributed by atoms with E-state index in [1.165, 1.54) is 6.07 Å². The van der Waals surface area contributed by atoms with Gasteiger partial charge in [-0.2, -0.15) is 13.2 Å². The topological polar surface area (TPSA) is 79.9 Å². The number of carbonyl (C=O) groups excluding carboxylic acids is 2. The number of carbonyl (C=O) groups is 2. The molecule has 2 N–H and O–H groups in total. The van der Waals surface area contributed by atoms with E-state index >= 15 is 0 Å². The largest absolute Gasteiger partial charge is 0.416 e. The number of alkyl halides is 3. The molecule has 3 rings (SSSR count). The summed E-state index contributed by atoms with van der Waals surface area (Å²) in [5.41, 5.74) is -0.207. The Kier molecular flexibility index (Phi) is 8.50. The summed E-state index contributed by atoms with van der Waals surface area (Å²) in [5, 5.41) is 5.29. The minimum Gasteiger partial charge on any atom is -0.381 e. The van der Waals surface area contributed by atoms with E-state index in [1.807, 2.05) is 6.92 Å². The van der Waals surface area contributed by atoms with Crippen molar-refractivity contribution in [3.8, 4) is 0 Å². The van der Waals surface area contributed by atoms with E-state index < -0.39 is 23.6 Å². The van der Waals surface area contributed by atoms with Gasteiger partial charge in [0, 0.05) is 37.9 Å². The molecule has 0 spiro atoms. The van der Waals surface area contributed by atoms with Gasteiger partial charge >= 0.3 is 6.18 Å². The van der Waals surface area contributed by atoms with Crippen LogP contribution in [0.25, 0.3) is 0 Å². The molecule has 10 heteroatoms. The minimum atomic E-state index is -4.55. The van der Waals surface area contributed by atoms with Gasteiger partial charge in [-0.1, -0.05) is 18.2 Å². The molecule has 2 atom stereocenters. The van der Waals surface area contributed by atoms with Crippen LogP contribution in [0.5, 0.6) is 0 Å². The van der Waals surface area contributed by atoms with E-state index in [4.69, 9.17) is 9.47 Å². The van der Waals surface area contributed by atoms with Crippen molar-refractivity contribution in [3.05, 3.63) is 47.5 Å². The summed E-state index contributed by atoms with van der Waals surface area (Å²) < 4.78 is 50.0.